The summed E-state index contributed by atoms with van der Waals surface area (Å²) in [6.07, 6.45) is 2.74. The average Bonchev–Trinajstić information content (AvgIpc) is 2.42. The van der Waals surface area contributed by atoms with Crippen LogP contribution in [0.2, 0.25) is 0 Å². The summed E-state index contributed by atoms with van der Waals surface area (Å²) in [6, 6.07) is 7.45. The summed E-state index contributed by atoms with van der Waals surface area (Å²) < 4.78 is 0. The van der Waals surface area contributed by atoms with Crippen LogP contribution in [0.4, 0.5) is 0 Å². The molecule has 0 fully saturated rings. The molecule has 1 aromatic heterocycles. The van der Waals surface area contributed by atoms with Gasteiger partial charge in [-0.25, -0.2) is 5.43 Å². The second-order valence-electron chi connectivity index (χ2n) is 4.13. The third-order valence-corrected chi connectivity index (χ3v) is 2.56. The Morgan fingerprint density at radius 2 is 2.10 bits per heavy atom. The number of nitrogens with one attached hydrogen (secondary N) is 1. The lowest BCUT2D eigenvalue weighted by Crippen LogP contribution is -2.17. The van der Waals surface area contributed by atoms with Gasteiger partial charge >= 0.3 is 0 Å². The largest absolute Gasteiger partial charge is 0.508 e. The molecule has 0 bridgehead atoms. The first-order chi connectivity index (χ1) is 9.56. The molecule has 1 amide bonds. The van der Waals surface area contributed by atoms with Gasteiger partial charge in [0, 0.05) is 23.5 Å². The molecule has 0 spiro atoms. The van der Waals surface area contributed by atoms with Crippen LogP contribution in [0.1, 0.15) is 21.6 Å². The molecule has 1 aromatic carbocycles. The number of pyridine rings is 1. The van der Waals surface area contributed by atoms with E-state index in [0.717, 1.165) is 5.69 Å². The first-order valence-electron chi connectivity index (χ1n) is 5.84. The van der Waals surface area contributed by atoms with E-state index in [-0.39, 0.29) is 11.5 Å². The SMILES string of the molecule is Cc1ccc(C(=O)N/N=C\c2ccc(O)cc2O)cn1. The molecule has 0 saturated carbocycles. The molecular weight excluding hydrogens is 258 g/mol. The van der Waals surface area contributed by atoms with Crippen LogP contribution in [-0.4, -0.2) is 27.3 Å². The molecule has 0 radical (unpaired) electrons. The van der Waals surface area contributed by atoms with E-state index in [1.54, 1.807) is 12.1 Å². The molecule has 0 unspecified atom stereocenters. The number of carbonyl (C=O) groups is 1. The van der Waals surface area contributed by atoms with Gasteiger partial charge in [-0.15, -0.1) is 0 Å². The highest BCUT2D eigenvalue weighted by Gasteiger charge is 2.04. The lowest BCUT2D eigenvalue weighted by Gasteiger charge is -2.01. The van der Waals surface area contributed by atoms with Crippen LogP contribution in [0.3, 0.4) is 0 Å². The number of rotatable bonds is 3. The molecule has 1 heterocycles. The number of amides is 1. The van der Waals surface area contributed by atoms with Crippen molar-refractivity contribution < 1.29 is 15.0 Å². The normalized spacial score (nSPS) is 10.7. The van der Waals surface area contributed by atoms with Crippen molar-refractivity contribution in [3.8, 4) is 11.5 Å². The zero-order chi connectivity index (χ0) is 14.5. The van der Waals surface area contributed by atoms with Gasteiger partial charge in [0.15, 0.2) is 0 Å². The van der Waals surface area contributed by atoms with Crippen LogP contribution in [0.15, 0.2) is 41.6 Å². The summed E-state index contributed by atoms with van der Waals surface area (Å²) in [7, 11) is 0. The Balaban J connectivity index is 2.02. The van der Waals surface area contributed by atoms with E-state index >= 15 is 0 Å². The second-order valence-corrected chi connectivity index (χ2v) is 4.13. The first kappa shape index (κ1) is 13.5. The van der Waals surface area contributed by atoms with Crippen molar-refractivity contribution in [2.75, 3.05) is 0 Å². The monoisotopic (exact) mass is 271 g/mol. The number of nitrogens with zero attached hydrogens (tertiary/aromatic N) is 2. The van der Waals surface area contributed by atoms with Crippen molar-refractivity contribution in [2.24, 2.45) is 5.10 Å². The van der Waals surface area contributed by atoms with Crippen molar-refractivity contribution in [3.63, 3.8) is 0 Å². The van der Waals surface area contributed by atoms with Gasteiger partial charge < -0.3 is 10.2 Å². The average molecular weight is 271 g/mol. The van der Waals surface area contributed by atoms with Gasteiger partial charge in [0.05, 0.1) is 11.8 Å². The minimum atomic E-state index is -0.396. The molecule has 20 heavy (non-hydrogen) atoms. The number of aromatic nitrogens is 1. The second kappa shape index (κ2) is 5.83. The van der Waals surface area contributed by atoms with Gasteiger partial charge in [0.25, 0.3) is 5.91 Å². The maximum Gasteiger partial charge on any atom is 0.272 e. The number of phenols is 2. The fourth-order valence-corrected chi connectivity index (χ4v) is 1.47. The highest BCUT2D eigenvalue weighted by molar-refractivity contribution is 5.94. The van der Waals surface area contributed by atoms with Crippen molar-refractivity contribution in [1.82, 2.24) is 10.4 Å². The number of carbonyl (C=O) groups excluding carboxylic acids is 1. The minimum Gasteiger partial charge on any atom is -0.508 e. The third-order valence-electron chi connectivity index (χ3n) is 2.56. The van der Waals surface area contributed by atoms with E-state index in [0.29, 0.717) is 11.1 Å². The van der Waals surface area contributed by atoms with Gasteiger partial charge in [-0.1, -0.05) is 0 Å². The predicted octanol–water partition coefficient (Wildman–Crippen LogP) is 1.57. The first-order valence-corrected chi connectivity index (χ1v) is 5.84. The lowest BCUT2D eigenvalue weighted by molar-refractivity contribution is 0.0954. The lowest BCUT2D eigenvalue weighted by atomic mass is 10.2. The van der Waals surface area contributed by atoms with Crippen LogP contribution < -0.4 is 5.43 Å². The summed E-state index contributed by atoms with van der Waals surface area (Å²) in [5.41, 5.74) is 3.92. The number of aryl methyl sites for hydroxylation is 1. The molecule has 3 N–H and O–H groups in total. The number of hydrazone groups is 1. The fraction of sp³-hybridized carbons (Fsp3) is 0.0714. The van der Waals surface area contributed by atoms with Gasteiger partial charge in [0.2, 0.25) is 0 Å². The van der Waals surface area contributed by atoms with Crippen LogP contribution in [0.5, 0.6) is 11.5 Å². The zero-order valence-corrected chi connectivity index (χ0v) is 10.7. The summed E-state index contributed by atoms with van der Waals surface area (Å²) in [4.78, 5) is 15.7. The number of phenolic OH excluding ortho intramolecular Hbond substituents is 2. The van der Waals surface area contributed by atoms with E-state index < -0.39 is 5.91 Å². The summed E-state index contributed by atoms with van der Waals surface area (Å²) in [5.74, 6) is -0.568. The Bertz CT molecular complexity index is 651. The molecule has 102 valence electrons. The van der Waals surface area contributed by atoms with Crippen LogP contribution >= 0.6 is 0 Å². The molecule has 0 atom stereocenters. The molecular formula is C14H13N3O3. The number of hydrogen-bond donors (Lipinski definition) is 3. The molecule has 0 saturated heterocycles. The minimum absolute atomic E-state index is 0.0468. The fourth-order valence-electron chi connectivity index (χ4n) is 1.47. The Labute approximate surface area is 115 Å². The van der Waals surface area contributed by atoms with Crippen molar-refractivity contribution >= 4 is 12.1 Å². The van der Waals surface area contributed by atoms with E-state index in [1.807, 2.05) is 6.92 Å². The molecule has 2 aromatic rings. The predicted molar refractivity (Wildman–Crippen MR) is 73.8 cm³/mol. The molecule has 0 aliphatic carbocycles. The van der Waals surface area contributed by atoms with Gasteiger partial charge in [0.1, 0.15) is 11.5 Å². The highest BCUT2D eigenvalue weighted by Crippen LogP contribution is 2.20. The van der Waals surface area contributed by atoms with E-state index in [2.05, 4.69) is 15.5 Å². The smallest absolute Gasteiger partial charge is 0.272 e. The zero-order valence-electron chi connectivity index (χ0n) is 10.7. The molecule has 6 nitrogen and oxygen atoms in total. The Morgan fingerprint density at radius 1 is 1.30 bits per heavy atom. The van der Waals surface area contributed by atoms with Crippen molar-refractivity contribution in [3.05, 3.63) is 53.3 Å². The summed E-state index contributed by atoms with van der Waals surface area (Å²) in [5, 5.41) is 22.4. The number of aromatic hydroxyl groups is 2. The van der Waals surface area contributed by atoms with Gasteiger partial charge in [-0.2, -0.15) is 5.10 Å². The molecule has 0 aliphatic rings. The topological polar surface area (TPSA) is 94.8 Å². The van der Waals surface area contributed by atoms with Crippen LogP contribution in [0, 0.1) is 6.92 Å². The quantitative estimate of drug-likeness (QED) is 0.583. The molecule has 0 aliphatic heterocycles. The maximum absolute atomic E-state index is 11.7. The summed E-state index contributed by atoms with van der Waals surface area (Å²) >= 11 is 0. The number of benzene rings is 1. The standard InChI is InChI=1S/C14H13N3O3/c1-9-2-3-11(7-15-9)14(20)17-16-8-10-4-5-12(18)6-13(10)19/h2-8,18-19H,1H3,(H,17,20)/b16-8-. The maximum atomic E-state index is 11.7. The Hall–Kier alpha value is -2.89. The van der Waals surface area contributed by atoms with Crippen LogP contribution in [-0.2, 0) is 0 Å². The van der Waals surface area contributed by atoms with Gasteiger partial charge in [-0.05, 0) is 31.2 Å². The van der Waals surface area contributed by atoms with E-state index in [4.69, 9.17) is 5.11 Å². The van der Waals surface area contributed by atoms with Crippen molar-refractivity contribution in [2.45, 2.75) is 6.92 Å². The van der Waals surface area contributed by atoms with Crippen LogP contribution in [0.25, 0.3) is 0 Å². The van der Waals surface area contributed by atoms with E-state index in [9.17, 15) is 9.90 Å². The highest BCUT2D eigenvalue weighted by atomic mass is 16.3. The van der Waals surface area contributed by atoms with E-state index in [1.165, 1.54) is 30.6 Å². The molecule has 6 heteroatoms. The third kappa shape index (κ3) is 3.32. The summed E-state index contributed by atoms with van der Waals surface area (Å²) in [6.45, 7) is 1.83. The van der Waals surface area contributed by atoms with Crippen molar-refractivity contribution in [1.29, 1.82) is 0 Å². The number of hydrogen-bond acceptors (Lipinski definition) is 5. The molecule has 2 rings (SSSR count). The van der Waals surface area contributed by atoms with Gasteiger partial charge in [-0.3, -0.25) is 9.78 Å². The Kier molecular flexibility index (Phi) is 3.95. The Morgan fingerprint density at radius 3 is 2.75 bits per heavy atom.